The minimum absolute atomic E-state index is 0.712. The second kappa shape index (κ2) is 7.31. The van der Waals surface area contributed by atoms with Crippen LogP contribution in [0.2, 0.25) is 0 Å². The number of nitrogens with zero attached hydrogens (tertiary/aromatic N) is 5. The maximum atomic E-state index is 5.39. The predicted octanol–water partition coefficient (Wildman–Crippen LogP) is 2.11. The lowest BCUT2D eigenvalue weighted by atomic mass is 10.2. The SMILES string of the molecule is c1cn(-c2ccc(CNc3cc(N4CCOCC4)ncn3)cc2)cn1. The van der Waals surface area contributed by atoms with Crippen LogP contribution in [-0.2, 0) is 11.3 Å². The molecule has 3 aromatic rings. The normalized spacial score (nSPS) is 14.5. The molecule has 2 aromatic heterocycles. The Balaban J connectivity index is 1.39. The Kier molecular flexibility index (Phi) is 4.56. The molecular formula is C18H20N6O. The van der Waals surface area contributed by atoms with E-state index in [1.807, 2.05) is 16.8 Å². The van der Waals surface area contributed by atoms with E-state index in [4.69, 9.17) is 4.74 Å². The van der Waals surface area contributed by atoms with E-state index >= 15 is 0 Å². The van der Waals surface area contributed by atoms with Crippen LogP contribution in [0.15, 0.2) is 55.4 Å². The third-order valence-electron chi connectivity index (χ3n) is 4.20. The molecule has 7 heteroatoms. The van der Waals surface area contributed by atoms with Crippen molar-refractivity contribution in [3.05, 3.63) is 60.9 Å². The van der Waals surface area contributed by atoms with Gasteiger partial charge in [-0.3, -0.25) is 0 Å². The highest BCUT2D eigenvalue weighted by Crippen LogP contribution is 2.16. The van der Waals surface area contributed by atoms with Crippen molar-refractivity contribution in [3.8, 4) is 5.69 Å². The van der Waals surface area contributed by atoms with E-state index < -0.39 is 0 Å². The van der Waals surface area contributed by atoms with E-state index in [0.29, 0.717) is 6.54 Å². The highest BCUT2D eigenvalue weighted by Gasteiger charge is 2.12. The van der Waals surface area contributed by atoms with E-state index in [1.165, 1.54) is 5.56 Å². The molecule has 0 bridgehead atoms. The second-order valence-electron chi connectivity index (χ2n) is 5.85. The third kappa shape index (κ3) is 3.77. The number of anilines is 2. The molecule has 1 N–H and O–H groups in total. The molecular weight excluding hydrogens is 316 g/mol. The minimum atomic E-state index is 0.712. The summed E-state index contributed by atoms with van der Waals surface area (Å²) >= 11 is 0. The van der Waals surface area contributed by atoms with Gasteiger partial charge in [0.05, 0.1) is 19.5 Å². The average molecular weight is 336 g/mol. The van der Waals surface area contributed by atoms with Crippen molar-refractivity contribution >= 4 is 11.6 Å². The van der Waals surface area contributed by atoms with Crippen LogP contribution >= 0.6 is 0 Å². The topological polar surface area (TPSA) is 68.1 Å². The number of benzene rings is 1. The maximum Gasteiger partial charge on any atom is 0.134 e. The number of hydrogen-bond donors (Lipinski definition) is 1. The molecule has 0 spiro atoms. The van der Waals surface area contributed by atoms with Crippen LogP contribution in [-0.4, -0.2) is 45.8 Å². The molecule has 0 atom stereocenters. The summed E-state index contributed by atoms with van der Waals surface area (Å²) in [6, 6.07) is 10.4. The summed E-state index contributed by atoms with van der Waals surface area (Å²) in [4.78, 5) is 15.0. The third-order valence-corrected chi connectivity index (χ3v) is 4.20. The molecule has 0 aliphatic carbocycles. The van der Waals surface area contributed by atoms with Gasteiger partial charge in [0.1, 0.15) is 18.0 Å². The number of morpholine rings is 1. The molecule has 0 unspecified atom stereocenters. The molecule has 0 radical (unpaired) electrons. The number of hydrogen-bond acceptors (Lipinski definition) is 6. The van der Waals surface area contributed by atoms with Gasteiger partial charge in [0, 0.05) is 43.8 Å². The average Bonchev–Trinajstić information content (AvgIpc) is 3.23. The Morgan fingerprint density at radius 3 is 2.68 bits per heavy atom. The number of nitrogens with one attached hydrogen (secondary N) is 1. The standard InChI is InChI=1S/C18H20N6O/c1-3-16(24-6-5-19-14-24)4-2-15(1)12-20-17-11-18(22-13-21-17)23-7-9-25-10-8-23/h1-6,11,13-14H,7-10,12H2,(H,20,21,22). The van der Waals surface area contributed by atoms with Crippen LogP contribution in [0.4, 0.5) is 11.6 Å². The van der Waals surface area contributed by atoms with Gasteiger partial charge in [0.2, 0.25) is 0 Å². The van der Waals surface area contributed by atoms with Crippen LogP contribution in [0.25, 0.3) is 5.69 Å². The molecule has 1 fully saturated rings. The van der Waals surface area contributed by atoms with Gasteiger partial charge < -0.3 is 19.5 Å². The predicted molar refractivity (Wildman–Crippen MR) is 96.0 cm³/mol. The first-order valence-electron chi connectivity index (χ1n) is 8.34. The van der Waals surface area contributed by atoms with Gasteiger partial charge in [-0.2, -0.15) is 0 Å². The molecule has 1 aliphatic rings. The zero-order valence-electron chi connectivity index (χ0n) is 13.9. The second-order valence-corrected chi connectivity index (χ2v) is 5.85. The molecule has 4 rings (SSSR count). The monoisotopic (exact) mass is 336 g/mol. The van der Waals surface area contributed by atoms with E-state index in [9.17, 15) is 0 Å². The molecule has 128 valence electrons. The van der Waals surface area contributed by atoms with Crippen molar-refractivity contribution in [1.29, 1.82) is 0 Å². The zero-order valence-corrected chi connectivity index (χ0v) is 13.9. The first-order valence-corrected chi connectivity index (χ1v) is 8.34. The van der Waals surface area contributed by atoms with Gasteiger partial charge in [-0.15, -0.1) is 0 Å². The largest absolute Gasteiger partial charge is 0.378 e. The van der Waals surface area contributed by atoms with Crippen LogP contribution in [0, 0.1) is 0 Å². The first kappa shape index (κ1) is 15.6. The van der Waals surface area contributed by atoms with E-state index in [-0.39, 0.29) is 0 Å². The molecule has 25 heavy (non-hydrogen) atoms. The molecule has 0 amide bonds. The molecule has 1 saturated heterocycles. The Hall–Kier alpha value is -2.93. The summed E-state index contributed by atoms with van der Waals surface area (Å²) in [5.41, 5.74) is 2.29. The van der Waals surface area contributed by atoms with Gasteiger partial charge in [-0.05, 0) is 17.7 Å². The zero-order chi connectivity index (χ0) is 16.9. The van der Waals surface area contributed by atoms with Crippen molar-refractivity contribution in [2.75, 3.05) is 36.5 Å². The van der Waals surface area contributed by atoms with Crippen molar-refractivity contribution in [2.45, 2.75) is 6.54 Å². The summed E-state index contributed by atoms with van der Waals surface area (Å²) < 4.78 is 7.37. The first-order chi connectivity index (χ1) is 12.4. The molecule has 1 aliphatic heterocycles. The summed E-state index contributed by atoms with van der Waals surface area (Å²) in [5, 5.41) is 3.37. The molecule has 1 aromatic carbocycles. The Labute approximate surface area is 146 Å². The van der Waals surface area contributed by atoms with Crippen LogP contribution in [0.3, 0.4) is 0 Å². The summed E-state index contributed by atoms with van der Waals surface area (Å²) in [5.74, 6) is 1.77. The summed E-state index contributed by atoms with van der Waals surface area (Å²) in [7, 11) is 0. The highest BCUT2D eigenvalue weighted by atomic mass is 16.5. The van der Waals surface area contributed by atoms with E-state index in [1.54, 1.807) is 18.9 Å². The maximum absolute atomic E-state index is 5.39. The van der Waals surface area contributed by atoms with Gasteiger partial charge >= 0.3 is 0 Å². The van der Waals surface area contributed by atoms with Crippen LogP contribution in [0.5, 0.6) is 0 Å². The van der Waals surface area contributed by atoms with Crippen LogP contribution < -0.4 is 10.2 Å². The van der Waals surface area contributed by atoms with Gasteiger partial charge in [0.25, 0.3) is 0 Å². The van der Waals surface area contributed by atoms with Crippen molar-refractivity contribution < 1.29 is 4.74 Å². The van der Waals surface area contributed by atoms with Crippen molar-refractivity contribution in [3.63, 3.8) is 0 Å². The molecule has 0 saturated carbocycles. The fourth-order valence-electron chi connectivity index (χ4n) is 2.80. The van der Waals surface area contributed by atoms with Crippen molar-refractivity contribution in [1.82, 2.24) is 19.5 Å². The number of imidazole rings is 1. The molecule has 7 nitrogen and oxygen atoms in total. The molecule has 3 heterocycles. The fourth-order valence-corrected chi connectivity index (χ4v) is 2.80. The number of ether oxygens (including phenoxy) is 1. The fraction of sp³-hybridized carbons (Fsp3) is 0.278. The highest BCUT2D eigenvalue weighted by molar-refractivity contribution is 5.49. The lowest BCUT2D eigenvalue weighted by Crippen LogP contribution is -2.36. The quantitative estimate of drug-likeness (QED) is 0.770. The van der Waals surface area contributed by atoms with Gasteiger partial charge in [-0.1, -0.05) is 12.1 Å². The summed E-state index contributed by atoms with van der Waals surface area (Å²) in [6.07, 6.45) is 7.11. The smallest absolute Gasteiger partial charge is 0.134 e. The van der Waals surface area contributed by atoms with E-state index in [2.05, 4.69) is 49.4 Å². The summed E-state index contributed by atoms with van der Waals surface area (Å²) in [6.45, 7) is 3.94. The van der Waals surface area contributed by atoms with E-state index in [0.717, 1.165) is 43.6 Å². The van der Waals surface area contributed by atoms with Crippen LogP contribution in [0.1, 0.15) is 5.56 Å². The lowest BCUT2D eigenvalue weighted by molar-refractivity contribution is 0.122. The minimum Gasteiger partial charge on any atom is -0.378 e. The van der Waals surface area contributed by atoms with Crippen molar-refractivity contribution in [2.24, 2.45) is 0 Å². The Bertz CT molecular complexity index is 797. The van der Waals surface area contributed by atoms with Gasteiger partial charge in [0.15, 0.2) is 0 Å². The van der Waals surface area contributed by atoms with Gasteiger partial charge in [-0.25, -0.2) is 15.0 Å². The number of rotatable bonds is 5. The Morgan fingerprint density at radius 2 is 1.92 bits per heavy atom. The number of aromatic nitrogens is 4. The lowest BCUT2D eigenvalue weighted by Gasteiger charge is -2.27. The Morgan fingerprint density at radius 1 is 1.08 bits per heavy atom.